The fraction of sp³-hybridized carbons (Fsp3) is 0.325. The zero-order valence-corrected chi connectivity index (χ0v) is 26.5. The first-order valence-electron chi connectivity index (χ1n) is 16.1. The number of fused-ring (bicyclic) bond motifs is 9. The Hall–Kier alpha value is -4.31. The summed E-state index contributed by atoms with van der Waals surface area (Å²) in [5.74, 6) is 2.39. The molecule has 44 heavy (non-hydrogen) atoms. The van der Waals surface area contributed by atoms with Crippen LogP contribution in [0.2, 0.25) is 0 Å². The van der Waals surface area contributed by atoms with Crippen LogP contribution in [0.1, 0.15) is 87.2 Å². The van der Waals surface area contributed by atoms with Crippen molar-refractivity contribution in [1.82, 2.24) is 10.2 Å². The van der Waals surface area contributed by atoms with Crippen LogP contribution in [0.15, 0.2) is 116 Å². The molecule has 5 heterocycles. The van der Waals surface area contributed by atoms with Crippen LogP contribution in [0.25, 0.3) is 22.4 Å². The van der Waals surface area contributed by atoms with Crippen molar-refractivity contribution in [3.63, 3.8) is 0 Å². The maximum atomic E-state index is 6.33. The van der Waals surface area contributed by atoms with Gasteiger partial charge < -0.3 is 15.0 Å². The SMILES string of the molecule is C=C1NC[C@]2(C)CCC3c4ccccc4C4C=CC=CN4C3CC(=C)[n+]3ccc(-c4ccc(C(C)C)cc4)cc3C2=C(C)O1. The molecule has 0 bridgehead atoms. The minimum Gasteiger partial charge on any atom is -0.446 e. The van der Waals surface area contributed by atoms with Crippen molar-refractivity contribution in [1.29, 1.82) is 0 Å². The van der Waals surface area contributed by atoms with Gasteiger partial charge in [0.05, 0.1) is 18.0 Å². The first kappa shape index (κ1) is 28.5. The largest absolute Gasteiger partial charge is 0.446 e. The summed E-state index contributed by atoms with van der Waals surface area (Å²) in [7, 11) is 0. The second kappa shape index (κ2) is 11.0. The lowest BCUT2D eigenvalue weighted by Crippen LogP contribution is -2.48. The van der Waals surface area contributed by atoms with Gasteiger partial charge in [-0.3, -0.25) is 0 Å². The van der Waals surface area contributed by atoms with Gasteiger partial charge in [0.2, 0.25) is 5.69 Å². The fourth-order valence-electron chi connectivity index (χ4n) is 8.02. The van der Waals surface area contributed by atoms with Gasteiger partial charge in [0, 0.05) is 42.3 Å². The van der Waals surface area contributed by atoms with E-state index in [-0.39, 0.29) is 11.5 Å². The van der Waals surface area contributed by atoms with Crippen LogP contribution < -0.4 is 9.88 Å². The monoisotopic (exact) mass is 582 g/mol. The summed E-state index contributed by atoms with van der Waals surface area (Å²) in [5, 5.41) is 3.52. The summed E-state index contributed by atoms with van der Waals surface area (Å²) in [6.07, 6.45) is 14.2. The Balaban J connectivity index is 1.40. The number of benzene rings is 2. The molecule has 0 radical (unpaired) electrons. The Kier molecular flexibility index (Phi) is 7.11. The highest BCUT2D eigenvalue weighted by atomic mass is 16.5. The van der Waals surface area contributed by atoms with Crippen molar-refractivity contribution in [3.8, 4) is 11.1 Å². The van der Waals surface area contributed by atoms with Crippen molar-refractivity contribution in [3.05, 3.63) is 138 Å². The normalized spacial score (nSPS) is 26.0. The summed E-state index contributed by atoms with van der Waals surface area (Å²) >= 11 is 0. The van der Waals surface area contributed by atoms with Gasteiger partial charge in [0.1, 0.15) is 5.76 Å². The number of hydrogen-bond donors (Lipinski definition) is 1. The van der Waals surface area contributed by atoms with Crippen LogP contribution in [0.3, 0.4) is 0 Å². The second-order valence-electron chi connectivity index (χ2n) is 13.5. The number of allylic oxidation sites excluding steroid dienone is 3. The molecular weight excluding hydrogens is 538 g/mol. The molecule has 4 aliphatic heterocycles. The van der Waals surface area contributed by atoms with E-state index in [1.54, 1.807) is 0 Å². The highest BCUT2D eigenvalue weighted by Crippen LogP contribution is 2.50. The molecule has 3 aromatic rings. The summed E-state index contributed by atoms with van der Waals surface area (Å²) in [4.78, 5) is 2.59. The molecule has 0 aliphatic carbocycles. The van der Waals surface area contributed by atoms with Crippen LogP contribution >= 0.6 is 0 Å². The molecule has 3 unspecified atom stereocenters. The number of pyridine rings is 1. The van der Waals surface area contributed by atoms with Gasteiger partial charge in [-0.25, -0.2) is 0 Å². The smallest absolute Gasteiger partial charge is 0.218 e. The van der Waals surface area contributed by atoms with Crippen molar-refractivity contribution in [2.45, 2.75) is 70.9 Å². The van der Waals surface area contributed by atoms with E-state index in [1.165, 1.54) is 33.4 Å². The number of ether oxygens (including phenoxy) is 1. The predicted molar refractivity (Wildman–Crippen MR) is 180 cm³/mol. The van der Waals surface area contributed by atoms with Gasteiger partial charge in [-0.2, -0.15) is 4.57 Å². The maximum absolute atomic E-state index is 6.33. The van der Waals surface area contributed by atoms with Gasteiger partial charge >= 0.3 is 0 Å². The van der Waals surface area contributed by atoms with E-state index in [0.717, 1.165) is 43.0 Å². The summed E-state index contributed by atoms with van der Waals surface area (Å²) in [6, 6.07) is 23.3. The minimum absolute atomic E-state index is 0.197. The Morgan fingerprint density at radius 2 is 1.77 bits per heavy atom. The summed E-state index contributed by atoms with van der Waals surface area (Å²) in [5.41, 5.74) is 9.95. The molecule has 4 aliphatic rings. The molecule has 1 N–H and O–H groups in total. The highest BCUT2D eigenvalue weighted by molar-refractivity contribution is 5.74. The molecule has 4 atom stereocenters. The topological polar surface area (TPSA) is 28.4 Å². The van der Waals surface area contributed by atoms with Crippen molar-refractivity contribution < 1.29 is 9.30 Å². The van der Waals surface area contributed by atoms with E-state index >= 15 is 0 Å². The molecule has 4 heteroatoms. The van der Waals surface area contributed by atoms with E-state index in [2.05, 4.69) is 140 Å². The lowest BCUT2D eigenvalue weighted by atomic mass is 9.69. The molecule has 0 amide bonds. The van der Waals surface area contributed by atoms with Gasteiger partial charge in [-0.15, -0.1) is 0 Å². The number of nitrogens with one attached hydrogen (secondary N) is 1. The third kappa shape index (κ3) is 4.81. The van der Waals surface area contributed by atoms with Crippen LogP contribution in [-0.2, 0) is 4.74 Å². The van der Waals surface area contributed by atoms with E-state index in [0.29, 0.717) is 23.8 Å². The number of hydrogen-bond acceptors (Lipinski definition) is 3. The Morgan fingerprint density at radius 3 is 2.55 bits per heavy atom. The molecule has 4 nitrogen and oxygen atoms in total. The van der Waals surface area contributed by atoms with Crippen LogP contribution in [-0.4, -0.2) is 17.5 Å². The standard InChI is InChI=1S/C40H44N3O/c1-26(2)30-14-16-31(17-15-30)32-19-22-42-27(3)23-37-35(33-11-7-8-12-34(33)36-13-9-10-21-43(36)37)18-20-40(6)25-41-29(5)44-28(4)39(40)38(42)24-32/h7-17,19,21-22,24,26,35-37,41H,3,5,18,20,23,25H2,1-2,4,6H3/q+1/t35?,36?,37?,40-/m0/s1. The molecular formula is C40H44N3O+. The highest BCUT2D eigenvalue weighted by Gasteiger charge is 2.46. The quantitative estimate of drug-likeness (QED) is 0.306. The maximum Gasteiger partial charge on any atom is 0.218 e. The molecule has 0 spiro atoms. The van der Waals surface area contributed by atoms with E-state index in [1.807, 2.05) is 0 Å². The zero-order valence-electron chi connectivity index (χ0n) is 26.5. The van der Waals surface area contributed by atoms with E-state index in [9.17, 15) is 0 Å². The van der Waals surface area contributed by atoms with Crippen LogP contribution in [0.4, 0.5) is 0 Å². The average Bonchev–Trinajstić information content (AvgIpc) is 3.14. The second-order valence-corrected chi connectivity index (χ2v) is 13.5. The third-order valence-electron chi connectivity index (χ3n) is 10.4. The Labute approximate surface area is 262 Å². The first-order chi connectivity index (χ1) is 21.2. The summed E-state index contributed by atoms with van der Waals surface area (Å²) in [6.45, 7) is 18.7. The molecule has 0 saturated heterocycles. The Morgan fingerprint density at radius 1 is 1.00 bits per heavy atom. The van der Waals surface area contributed by atoms with Crippen LogP contribution in [0.5, 0.6) is 0 Å². The molecule has 0 fully saturated rings. The summed E-state index contributed by atoms with van der Waals surface area (Å²) < 4.78 is 8.67. The van der Waals surface area contributed by atoms with Crippen LogP contribution in [0, 0.1) is 5.41 Å². The van der Waals surface area contributed by atoms with Gasteiger partial charge in [0.25, 0.3) is 0 Å². The van der Waals surface area contributed by atoms with Crippen molar-refractivity contribution >= 4 is 11.3 Å². The Bertz CT molecular complexity index is 1730. The molecule has 1 aromatic heterocycles. The zero-order chi connectivity index (χ0) is 30.6. The lowest BCUT2D eigenvalue weighted by molar-refractivity contribution is -0.586. The minimum atomic E-state index is -0.197. The van der Waals surface area contributed by atoms with Crippen molar-refractivity contribution in [2.75, 3.05) is 6.54 Å². The van der Waals surface area contributed by atoms with Crippen molar-refractivity contribution in [2.24, 2.45) is 5.41 Å². The van der Waals surface area contributed by atoms with E-state index in [4.69, 9.17) is 11.3 Å². The van der Waals surface area contributed by atoms with Gasteiger partial charge in [0.15, 0.2) is 17.8 Å². The first-order valence-corrected chi connectivity index (χ1v) is 16.1. The lowest BCUT2D eigenvalue weighted by Gasteiger charge is -2.48. The average molecular weight is 583 g/mol. The molecule has 0 saturated carbocycles. The third-order valence-corrected chi connectivity index (χ3v) is 10.4. The molecule has 7 rings (SSSR count). The number of rotatable bonds is 2. The molecule has 2 aromatic carbocycles. The number of aromatic nitrogens is 1. The molecule has 224 valence electrons. The fourth-order valence-corrected chi connectivity index (χ4v) is 8.02. The van der Waals surface area contributed by atoms with Gasteiger partial charge in [-0.1, -0.05) is 81.5 Å². The predicted octanol–water partition coefficient (Wildman–Crippen LogP) is 8.84. The van der Waals surface area contributed by atoms with Gasteiger partial charge in [-0.05, 0) is 72.7 Å². The number of nitrogens with zero attached hydrogens (tertiary/aromatic N) is 2. The van der Waals surface area contributed by atoms with E-state index < -0.39 is 0 Å².